The van der Waals surface area contributed by atoms with Crippen LogP contribution >= 0.6 is 0 Å². The van der Waals surface area contributed by atoms with E-state index in [1.54, 1.807) is 17.0 Å². The van der Waals surface area contributed by atoms with Crippen LogP contribution in [0.2, 0.25) is 0 Å². The van der Waals surface area contributed by atoms with E-state index in [0.29, 0.717) is 30.2 Å². The predicted molar refractivity (Wildman–Crippen MR) is 135 cm³/mol. The smallest absolute Gasteiger partial charge is 0.263 e. The minimum absolute atomic E-state index is 0.0113. The van der Waals surface area contributed by atoms with Crippen LogP contribution < -0.4 is 25.2 Å². The first-order chi connectivity index (χ1) is 17.6. The molecule has 2 aromatic carbocycles. The van der Waals surface area contributed by atoms with Gasteiger partial charge in [0.1, 0.15) is 11.5 Å². The van der Waals surface area contributed by atoms with Crippen molar-refractivity contribution in [3.63, 3.8) is 0 Å². The number of benzene rings is 2. The molecule has 5 rings (SSSR count). The quantitative estimate of drug-likeness (QED) is 0.463. The molecule has 0 saturated carbocycles. The van der Waals surface area contributed by atoms with Crippen LogP contribution in [-0.2, 0) is 0 Å². The van der Waals surface area contributed by atoms with Crippen molar-refractivity contribution in [2.75, 3.05) is 47.8 Å². The van der Waals surface area contributed by atoms with E-state index in [2.05, 4.69) is 20.6 Å². The summed E-state index contributed by atoms with van der Waals surface area (Å²) in [5, 5.41) is 6.12. The molecule has 0 aliphatic carbocycles. The fourth-order valence-electron chi connectivity index (χ4n) is 4.63. The van der Waals surface area contributed by atoms with Gasteiger partial charge in [-0.1, -0.05) is 0 Å². The number of fused-ring (bicyclic) bond motifs is 1. The summed E-state index contributed by atoms with van der Waals surface area (Å²) >= 11 is 0. The molecule has 0 amide bonds. The van der Waals surface area contributed by atoms with Gasteiger partial charge in [-0.05, 0) is 44.2 Å². The zero-order chi connectivity index (χ0) is 26.3. The van der Waals surface area contributed by atoms with Gasteiger partial charge in [0.05, 0.1) is 24.1 Å². The molecule has 37 heavy (non-hydrogen) atoms. The lowest BCUT2D eigenvalue weighted by Gasteiger charge is -2.40. The van der Waals surface area contributed by atoms with E-state index in [4.69, 9.17) is 4.74 Å². The Hall–Kier alpha value is -3.60. The highest BCUT2D eigenvalue weighted by Crippen LogP contribution is 2.43. The van der Waals surface area contributed by atoms with E-state index in [1.165, 1.54) is 19.1 Å². The van der Waals surface area contributed by atoms with Crippen molar-refractivity contribution in [1.82, 2.24) is 15.3 Å². The summed E-state index contributed by atoms with van der Waals surface area (Å²) in [4.78, 5) is 11.8. The van der Waals surface area contributed by atoms with E-state index in [1.807, 2.05) is 18.7 Å². The topological polar surface area (TPSA) is 65.6 Å². The lowest BCUT2D eigenvalue weighted by atomic mass is 10.1. The fraction of sp³-hybridized carbons (Fsp3) is 0.385. The molecule has 2 aliphatic rings. The summed E-state index contributed by atoms with van der Waals surface area (Å²) in [6.45, 7) is 7.77. The second-order valence-corrected chi connectivity index (χ2v) is 9.65. The van der Waals surface area contributed by atoms with Crippen LogP contribution in [0, 0.1) is 17.5 Å². The molecule has 1 unspecified atom stereocenters. The molecule has 2 N–H and O–H groups in total. The normalized spacial score (nSPS) is 19.6. The summed E-state index contributed by atoms with van der Waals surface area (Å²) in [6, 6.07) is 7.09. The zero-order valence-electron chi connectivity index (χ0n) is 20.8. The molecule has 196 valence electrons. The average Bonchev–Trinajstić information content (AvgIpc) is 2.85. The number of anilines is 4. The maximum Gasteiger partial charge on any atom is 0.263 e. The van der Waals surface area contributed by atoms with Gasteiger partial charge in [0, 0.05) is 50.4 Å². The number of nitrogens with one attached hydrogen (secondary N) is 2. The van der Waals surface area contributed by atoms with Gasteiger partial charge in [-0.15, -0.1) is 0 Å². The lowest BCUT2D eigenvalue weighted by molar-refractivity contribution is -0.0475. The first kappa shape index (κ1) is 25.1. The fourth-order valence-corrected chi connectivity index (χ4v) is 4.63. The minimum atomic E-state index is -2.08. The Bertz CT molecular complexity index is 1310. The van der Waals surface area contributed by atoms with Crippen molar-refractivity contribution in [2.24, 2.45) is 0 Å². The number of hydrogen-bond acceptors (Lipinski definition) is 7. The molecule has 0 radical (unpaired) electrons. The van der Waals surface area contributed by atoms with Crippen molar-refractivity contribution in [2.45, 2.75) is 32.7 Å². The Morgan fingerprint density at radius 3 is 2.49 bits per heavy atom. The second-order valence-electron chi connectivity index (χ2n) is 9.65. The average molecular weight is 517 g/mol. The maximum atomic E-state index is 15.1. The van der Waals surface area contributed by atoms with Gasteiger partial charge in [-0.25, -0.2) is 23.1 Å². The summed E-state index contributed by atoms with van der Waals surface area (Å²) < 4.78 is 64.6. The highest BCUT2D eigenvalue weighted by Gasteiger charge is 2.38. The molecule has 7 nitrogen and oxygen atoms in total. The molecule has 0 spiro atoms. The lowest BCUT2D eigenvalue weighted by Crippen LogP contribution is -2.49. The van der Waals surface area contributed by atoms with Crippen LogP contribution in [0.15, 0.2) is 36.5 Å². The second kappa shape index (κ2) is 9.70. The van der Waals surface area contributed by atoms with Crippen molar-refractivity contribution >= 4 is 23.0 Å². The molecule has 2 aliphatic heterocycles. The van der Waals surface area contributed by atoms with Crippen molar-refractivity contribution in [3.8, 4) is 17.0 Å². The predicted octanol–water partition coefficient (Wildman–Crippen LogP) is 5.01. The van der Waals surface area contributed by atoms with Crippen LogP contribution in [0.5, 0.6) is 5.75 Å². The van der Waals surface area contributed by atoms with Gasteiger partial charge >= 0.3 is 0 Å². The van der Waals surface area contributed by atoms with Gasteiger partial charge in [0.2, 0.25) is 5.95 Å². The number of hydrogen-bond donors (Lipinski definition) is 2. The molecule has 1 atom stereocenters. The number of alkyl halides is 1. The number of ether oxygens (including phenoxy) is 1. The molecular formula is C26H28F4N6O. The first-order valence-electron chi connectivity index (χ1n) is 12.1. The maximum absolute atomic E-state index is 15.1. The van der Waals surface area contributed by atoms with Gasteiger partial charge < -0.3 is 25.2 Å². The van der Waals surface area contributed by atoms with Crippen molar-refractivity contribution < 1.29 is 22.3 Å². The molecule has 0 bridgehead atoms. The molecule has 1 saturated heterocycles. The minimum Gasteiger partial charge on any atom is -0.451 e. The summed E-state index contributed by atoms with van der Waals surface area (Å²) in [7, 11) is 0. The van der Waals surface area contributed by atoms with E-state index in [-0.39, 0.29) is 35.5 Å². The van der Waals surface area contributed by atoms with Crippen LogP contribution in [0.25, 0.3) is 11.3 Å². The molecule has 3 heterocycles. The van der Waals surface area contributed by atoms with Crippen LogP contribution in [-0.4, -0.2) is 54.6 Å². The third-order valence-corrected chi connectivity index (χ3v) is 6.40. The number of rotatable bonds is 5. The first-order valence-corrected chi connectivity index (χ1v) is 12.1. The molecule has 1 aromatic heterocycles. The molecule has 11 heteroatoms. The summed E-state index contributed by atoms with van der Waals surface area (Å²) in [5.41, 5.74) is 1.16. The van der Waals surface area contributed by atoms with E-state index in [9.17, 15) is 13.2 Å². The zero-order valence-corrected chi connectivity index (χ0v) is 20.8. The Morgan fingerprint density at radius 2 is 1.78 bits per heavy atom. The molecule has 1 fully saturated rings. The van der Waals surface area contributed by atoms with Crippen molar-refractivity contribution in [1.29, 1.82) is 0 Å². The largest absolute Gasteiger partial charge is 0.451 e. The monoisotopic (exact) mass is 516 g/mol. The number of aromatic nitrogens is 2. The molecule has 3 aromatic rings. The summed E-state index contributed by atoms with van der Waals surface area (Å²) in [6.07, 6.45) is 0.961. The Balaban J connectivity index is 1.45. The van der Waals surface area contributed by atoms with Gasteiger partial charge in [0.25, 0.3) is 5.85 Å². The van der Waals surface area contributed by atoms with E-state index >= 15 is 4.39 Å². The third-order valence-electron chi connectivity index (χ3n) is 6.40. The number of halogens is 4. The van der Waals surface area contributed by atoms with Crippen LogP contribution in [0.4, 0.5) is 40.6 Å². The Labute approximate surface area is 212 Å². The highest BCUT2D eigenvalue weighted by atomic mass is 19.2. The molecular weight excluding hydrogens is 488 g/mol. The van der Waals surface area contributed by atoms with Crippen LogP contribution in [0.1, 0.15) is 20.8 Å². The van der Waals surface area contributed by atoms with Crippen LogP contribution in [0.3, 0.4) is 0 Å². The standard InChI is InChI=1S/C26H28F4N6O/c1-15(2)36-14-26(3,30)37-24-19(28)10-16(11-22(24)36)23-20(29)13-32-25(34-23)33-17-4-5-21(18(27)12-17)35-8-6-31-7-9-35/h4-5,10-13,15,31H,6-9,14H2,1-3H3,(H,32,33,34). The van der Waals surface area contributed by atoms with Crippen molar-refractivity contribution in [3.05, 3.63) is 54.0 Å². The van der Waals surface area contributed by atoms with E-state index in [0.717, 1.165) is 25.4 Å². The Kier molecular flexibility index (Phi) is 6.57. The number of nitrogens with zero attached hydrogens (tertiary/aromatic N) is 4. The van der Waals surface area contributed by atoms with E-state index < -0.39 is 23.3 Å². The third kappa shape index (κ3) is 5.13. The van der Waals surface area contributed by atoms with Gasteiger partial charge in [-0.3, -0.25) is 0 Å². The summed E-state index contributed by atoms with van der Waals surface area (Å²) in [5.74, 6) is -4.31. The Morgan fingerprint density at radius 1 is 1.03 bits per heavy atom. The number of piperazine rings is 1. The van der Waals surface area contributed by atoms with Gasteiger partial charge in [0.15, 0.2) is 17.4 Å². The SMILES string of the molecule is CC(C)N1CC(C)(F)Oc2c(F)cc(-c3nc(Nc4ccc(N5CCNCC5)c(F)c4)ncc3F)cc21. The van der Waals surface area contributed by atoms with Gasteiger partial charge in [-0.2, -0.15) is 4.39 Å². The highest BCUT2D eigenvalue weighted by molar-refractivity contribution is 5.73.